The number of nitriles is 1. The minimum absolute atomic E-state index is 0.331. The molecule has 2 heteroatoms. The van der Waals surface area contributed by atoms with E-state index in [2.05, 4.69) is 6.07 Å². The fourth-order valence-electron chi connectivity index (χ4n) is 2.46. The largest absolute Gasteiger partial charge is 0.469 e. The first kappa shape index (κ1) is 9.33. The average Bonchev–Trinajstić information content (AvgIpc) is 2.87. The normalized spacial score (nSPS) is 19.4. The summed E-state index contributed by atoms with van der Waals surface area (Å²) in [5.41, 5.74) is 0. The van der Waals surface area contributed by atoms with E-state index in [1.165, 1.54) is 25.7 Å². The van der Waals surface area contributed by atoms with Crippen LogP contribution in [0.3, 0.4) is 0 Å². The molecule has 2 nitrogen and oxygen atoms in total. The van der Waals surface area contributed by atoms with Gasteiger partial charge in [-0.3, -0.25) is 0 Å². The summed E-state index contributed by atoms with van der Waals surface area (Å²) in [6, 6.07) is 6.18. The van der Waals surface area contributed by atoms with Gasteiger partial charge in [0.25, 0.3) is 0 Å². The lowest BCUT2D eigenvalue weighted by atomic mass is 9.87. The predicted octanol–water partition coefficient (Wildman–Crippen LogP) is 3.47. The summed E-state index contributed by atoms with van der Waals surface area (Å²) in [5.74, 6) is 2.00. The van der Waals surface area contributed by atoms with Gasteiger partial charge in [0.2, 0.25) is 0 Å². The summed E-state index contributed by atoms with van der Waals surface area (Å²) in [4.78, 5) is 0. The van der Waals surface area contributed by atoms with Gasteiger partial charge in [-0.2, -0.15) is 5.26 Å². The fourth-order valence-corrected chi connectivity index (χ4v) is 2.46. The summed E-state index contributed by atoms with van der Waals surface area (Å²) in [6.07, 6.45) is 7.44. The first-order chi connectivity index (χ1) is 6.92. The zero-order chi connectivity index (χ0) is 9.80. The molecule has 0 amide bonds. The summed E-state index contributed by atoms with van der Waals surface area (Å²) in [6.45, 7) is 0. The zero-order valence-electron chi connectivity index (χ0n) is 8.28. The third kappa shape index (κ3) is 1.82. The van der Waals surface area contributed by atoms with Gasteiger partial charge in [-0.1, -0.05) is 12.8 Å². The van der Waals surface area contributed by atoms with Crippen LogP contribution in [0.1, 0.15) is 43.8 Å². The van der Waals surface area contributed by atoms with Crippen molar-refractivity contribution in [2.45, 2.75) is 38.0 Å². The number of rotatable bonds is 3. The Hall–Kier alpha value is -1.23. The zero-order valence-corrected chi connectivity index (χ0v) is 8.28. The quantitative estimate of drug-likeness (QED) is 0.730. The third-order valence-electron chi connectivity index (χ3n) is 3.19. The van der Waals surface area contributed by atoms with Crippen LogP contribution in [0.25, 0.3) is 0 Å². The summed E-state index contributed by atoms with van der Waals surface area (Å²) in [7, 11) is 0. The van der Waals surface area contributed by atoms with Gasteiger partial charge >= 0.3 is 0 Å². The third-order valence-corrected chi connectivity index (χ3v) is 3.19. The molecule has 1 heterocycles. The maximum Gasteiger partial charge on any atom is 0.108 e. The molecule has 1 unspecified atom stereocenters. The smallest absolute Gasteiger partial charge is 0.108 e. The second kappa shape index (κ2) is 4.32. The molecule has 0 spiro atoms. The molecule has 0 aromatic carbocycles. The van der Waals surface area contributed by atoms with Crippen molar-refractivity contribution in [1.82, 2.24) is 0 Å². The summed E-state index contributed by atoms with van der Waals surface area (Å²) in [5, 5.41) is 8.80. The lowest BCUT2D eigenvalue weighted by Gasteiger charge is -2.18. The average molecular weight is 189 g/mol. The molecule has 1 aromatic heterocycles. The van der Waals surface area contributed by atoms with Crippen molar-refractivity contribution in [3.63, 3.8) is 0 Å². The highest BCUT2D eigenvalue weighted by molar-refractivity contribution is 5.09. The van der Waals surface area contributed by atoms with E-state index in [4.69, 9.17) is 9.68 Å². The van der Waals surface area contributed by atoms with Crippen molar-refractivity contribution in [1.29, 1.82) is 5.26 Å². The van der Waals surface area contributed by atoms with Crippen molar-refractivity contribution in [2.24, 2.45) is 5.92 Å². The maximum atomic E-state index is 8.80. The van der Waals surface area contributed by atoms with Crippen LogP contribution >= 0.6 is 0 Å². The van der Waals surface area contributed by atoms with E-state index in [0.29, 0.717) is 18.3 Å². The van der Waals surface area contributed by atoms with E-state index >= 15 is 0 Å². The van der Waals surface area contributed by atoms with Gasteiger partial charge in [0.05, 0.1) is 12.3 Å². The molecule has 1 atom stereocenters. The van der Waals surface area contributed by atoms with E-state index in [-0.39, 0.29) is 0 Å². The first-order valence-electron chi connectivity index (χ1n) is 5.32. The first-order valence-corrected chi connectivity index (χ1v) is 5.32. The van der Waals surface area contributed by atoms with Gasteiger partial charge in [0, 0.05) is 12.3 Å². The Morgan fingerprint density at radius 3 is 2.86 bits per heavy atom. The van der Waals surface area contributed by atoms with Crippen LogP contribution < -0.4 is 0 Å². The van der Waals surface area contributed by atoms with Crippen molar-refractivity contribution in [3.05, 3.63) is 24.2 Å². The molecule has 1 saturated carbocycles. The molecule has 2 rings (SSSR count). The van der Waals surface area contributed by atoms with Crippen LogP contribution in [0.15, 0.2) is 22.8 Å². The molecular formula is C12H15NO. The molecular weight excluding hydrogens is 174 g/mol. The van der Waals surface area contributed by atoms with E-state index in [1.807, 2.05) is 12.1 Å². The lowest BCUT2D eigenvalue weighted by Crippen LogP contribution is -2.08. The number of nitrogens with zero attached hydrogens (tertiary/aromatic N) is 1. The Kier molecular flexibility index (Phi) is 2.88. The Morgan fingerprint density at radius 1 is 1.50 bits per heavy atom. The molecule has 0 radical (unpaired) electrons. The SMILES string of the molecule is N#CCC(c1ccco1)C1CCCC1. The Balaban J connectivity index is 2.11. The van der Waals surface area contributed by atoms with Gasteiger partial charge in [0.1, 0.15) is 5.76 Å². The minimum atomic E-state index is 0.331. The molecule has 1 fully saturated rings. The number of hydrogen-bond acceptors (Lipinski definition) is 2. The Labute approximate surface area is 84.5 Å². The molecule has 0 N–H and O–H groups in total. The maximum absolute atomic E-state index is 8.80. The van der Waals surface area contributed by atoms with E-state index in [0.717, 1.165) is 5.76 Å². The number of hydrogen-bond donors (Lipinski definition) is 0. The van der Waals surface area contributed by atoms with Gasteiger partial charge in [-0.25, -0.2) is 0 Å². The molecule has 1 aromatic rings. The van der Waals surface area contributed by atoms with Crippen LogP contribution in [-0.4, -0.2) is 0 Å². The second-order valence-electron chi connectivity index (χ2n) is 4.03. The van der Waals surface area contributed by atoms with Crippen molar-refractivity contribution in [2.75, 3.05) is 0 Å². The Bertz CT molecular complexity index is 304. The molecule has 0 aliphatic heterocycles. The topological polar surface area (TPSA) is 36.9 Å². The second-order valence-corrected chi connectivity index (χ2v) is 4.03. The number of furan rings is 1. The summed E-state index contributed by atoms with van der Waals surface area (Å²) >= 11 is 0. The molecule has 0 bridgehead atoms. The molecule has 0 saturated heterocycles. The summed E-state index contributed by atoms with van der Waals surface area (Å²) < 4.78 is 5.41. The molecule has 1 aliphatic rings. The fraction of sp³-hybridized carbons (Fsp3) is 0.583. The van der Waals surface area contributed by atoms with Gasteiger partial charge in [0.15, 0.2) is 0 Å². The van der Waals surface area contributed by atoms with Gasteiger partial charge in [-0.05, 0) is 30.9 Å². The van der Waals surface area contributed by atoms with Crippen molar-refractivity contribution in [3.8, 4) is 6.07 Å². The highest BCUT2D eigenvalue weighted by Crippen LogP contribution is 2.39. The molecule has 1 aliphatic carbocycles. The highest BCUT2D eigenvalue weighted by Gasteiger charge is 2.27. The van der Waals surface area contributed by atoms with E-state index in [1.54, 1.807) is 6.26 Å². The van der Waals surface area contributed by atoms with Crippen LogP contribution in [0, 0.1) is 17.2 Å². The minimum Gasteiger partial charge on any atom is -0.469 e. The van der Waals surface area contributed by atoms with E-state index in [9.17, 15) is 0 Å². The highest BCUT2D eigenvalue weighted by atomic mass is 16.3. The van der Waals surface area contributed by atoms with E-state index < -0.39 is 0 Å². The predicted molar refractivity (Wildman–Crippen MR) is 53.6 cm³/mol. The van der Waals surface area contributed by atoms with Crippen molar-refractivity contribution < 1.29 is 4.42 Å². The Morgan fingerprint density at radius 2 is 2.29 bits per heavy atom. The van der Waals surface area contributed by atoms with Crippen LogP contribution in [0.2, 0.25) is 0 Å². The standard InChI is InChI=1S/C12H15NO/c13-8-7-11(10-4-1-2-5-10)12-6-3-9-14-12/h3,6,9-11H,1-2,4-5,7H2. The van der Waals surface area contributed by atoms with Crippen molar-refractivity contribution >= 4 is 0 Å². The monoisotopic (exact) mass is 189 g/mol. The van der Waals surface area contributed by atoms with Gasteiger partial charge in [-0.15, -0.1) is 0 Å². The molecule has 74 valence electrons. The van der Waals surface area contributed by atoms with Crippen LogP contribution in [0.4, 0.5) is 0 Å². The van der Waals surface area contributed by atoms with Crippen LogP contribution in [-0.2, 0) is 0 Å². The van der Waals surface area contributed by atoms with Crippen LogP contribution in [0.5, 0.6) is 0 Å². The van der Waals surface area contributed by atoms with Gasteiger partial charge < -0.3 is 4.42 Å². The lowest BCUT2D eigenvalue weighted by molar-refractivity contribution is 0.365. The molecule has 14 heavy (non-hydrogen) atoms.